The van der Waals surface area contributed by atoms with E-state index in [4.69, 9.17) is 4.74 Å². The number of anilines is 1. The van der Waals surface area contributed by atoms with Gasteiger partial charge < -0.3 is 10.1 Å². The van der Waals surface area contributed by atoms with Crippen LogP contribution in [0.1, 0.15) is 25.5 Å². The topological polar surface area (TPSA) is 34.1 Å². The zero-order valence-corrected chi connectivity index (χ0v) is 10.2. The quantitative estimate of drug-likeness (QED) is 0.819. The summed E-state index contributed by atoms with van der Waals surface area (Å²) in [6.07, 6.45) is -0.267. The molecule has 2 rings (SSSR count). The van der Waals surface area contributed by atoms with E-state index in [9.17, 15) is 8.78 Å². The van der Waals surface area contributed by atoms with Gasteiger partial charge in [0.05, 0.1) is 6.61 Å². The highest BCUT2D eigenvalue weighted by atomic mass is 19.3. The lowest BCUT2D eigenvalue weighted by atomic mass is 9.88. The Kier molecular flexibility index (Phi) is 3.50. The van der Waals surface area contributed by atoms with Crippen LogP contribution in [-0.4, -0.2) is 23.6 Å². The molecule has 0 unspecified atom stereocenters. The number of hydrogen-bond acceptors (Lipinski definition) is 3. The summed E-state index contributed by atoms with van der Waals surface area (Å²) in [5.41, 5.74) is 0.618. The Morgan fingerprint density at radius 1 is 1.56 bits per heavy atom. The van der Waals surface area contributed by atoms with Gasteiger partial charge in [-0.05, 0) is 19.1 Å². The molecule has 1 aromatic rings. The fourth-order valence-corrected chi connectivity index (χ4v) is 1.89. The molecule has 1 aliphatic carbocycles. The van der Waals surface area contributed by atoms with E-state index in [0.29, 0.717) is 23.9 Å². The van der Waals surface area contributed by atoms with Gasteiger partial charge in [0.1, 0.15) is 17.3 Å². The van der Waals surface area contributed by atoms with Crippen LogP contribution in [0.5, 0.6) is 0 Å². The fourth-order valence-electron chi connectivity index (χ4n) is 1.89. The summed E-state index contributed by atoms with van der Waals surface area (Å²) in [4.78, 5) is 4.28. The van der Waals surface area contributed by atoms with E-state index < -0.39 is 5.92 Å². The molecule has 5 heteroatoms. The highest BCUT2D eigenvalue weighted by molar-refractivity contribution is 5.56. The van der Waals surface area contributed by atoms with E-state index in [1.165, 1.54) is 0 Å². The summed E-state index contributed by atoms with van der Waals surface area (Å²) in [5, 5.41) is 2.98. The van der Waals surface area contributed by atoms with Gasteiger partial charge >= 0.3 is 0 Å². The van der Waals surface area contributed by atoms with Crippen molar-refractivity contribution < 1.29 is 13.5 Å². The lowest BCUT2D eigenvalue weighted by Gasteiger charge is -2.35. The first-order valence-electron chi connectivity index (χ1n) is 5.93. The Morgan fingerprint density at radius 2 is 2.28 bits per heavy atom. The second kappa shape index (κ2) is 4.92. The Morgan fingerprint density at radius 3 is 2.89 bits per heavy atom. The zero-order valence-electron chi connectivity index (χ0n) is 10.2. The van der Waals surface area contributed by atoms with E-state index in [1.807, 2.05) is 6.92 Å². The Hall–Kier alpha value is -1.65. The van der Waals surface area contributed by atoms with Crippen LogP contribution < -0.4 is 5.32 Å². The third-order valence-electron chi connectivity index (χ3n) is 2.80. The van der Waals surface area contributed by atoms with Crippen molar-refractivity contribution in [2.45, 2.75) is 31.7 Å². The lowest BCUT2D eigenvalue weighted by Crippen LogP contribution is -2.44. The average Bonchev–Trinajstić information content (AvgIpc) is 2.27. The fraction of sp³-hybridized carbons (Fsp3) is 0.462. The molecule has 98 valence electrons. The van der Waals surface area contributed by atoms with Crippen molar-refractivity contribution in [2.24, 2.45) is 0 Å². The number of halogens is 2. The molecule has 0 saturated heterocycles. The van der Waals surface area contributed by atoms with Crippen molar-refractivity contribution in [2.75, 3.05) is 11.9 Å². The van der Waals surface area contributed by atoms with Gasteiger partial charge in [-0.3, -0.25) is 0 Å². The van der Waals surface area contributed by atoms with Crippen molar-refractivity contribution >= 4 is 11.6 Å². The lowest BCUT2D eigenvalue weighted by molar-refractivity contribution is -0.0794. The molecule has 1 aromatic heterocycles. The van der Waals surface area contributed by atoms with E-state index in [1.54, 1.807) is 18.2 Å². The Labute approximate surface area is 105 Å². The number of nitrogens with zero attached hydrogens (tertiary/aromatic N) is 1. The number of aromatic nitrogens is 1. The van der Waals surface area contributed by atoms with Crippen LogP contribution in [0, 0.1) is 0 Å². The molecule has 1 N–H and O–H groups in total. The molecule has 1 fully saturated rings. The van der Waals surface area contributed by atoms with Crippen LogP contribution in [0.2, 0.25) is 0 Å². The van der Waals surface area contributed by atoms with Crippen molar-refractivity contribution in [3.05, 3.63) is 30.5 Å². The maximum absolute atomic E-state index is 12.7. The molecule has 0 spiro atoms. The molecule has 0 aliphatic heterocycles. The largest absolute Gasteiger partial charge is 0.492 e. The van der Waals surface area contributed by atoms with Crippen molar-refractivity contribution in [1.29, 1.82) is 0 Å². The summed E-state index contributed by atoms with van der Waals surface area (Å²) >= 11 is 0. The van der Waals surface area contributed by atoms with Crippen molar-refractivity contribution in [3.8, 4) is 0 Å². The van der Waals surface area contributed by atoms with Crippen molar-refractivity contribution in [1.82, 2.24) is 4.98 Å². The predicted octanol–water partition coefficient (Wildman–Crippen LogP) is 3.30. The van der Waals surface area contributed by atoms with Crippen molar-refractivity contribution in [3.63, 3.8) is 0 Å². The molecular weight excluding hydrogens is 238 g/mol. The second-order valence-electron chi connectivity index (χ2n) is 4.37. The molecule has 1 aliphatic rings. The number of ether oxygens (including phenoxy) is 1. The van der Waals surface area contributed by atoms with E-state index in [2.05, 4.69) is 16.9 Å². The predicted molar refractivity (Wildman–Crippen MR) is 66.5 cm³/mol. The number of rotatable bonds is 5. The summed E-state index contributed by atoms with van der Waals surface area (Å²) in [7, 11) is 0. The maximum Gasteiger partial charge on any atom is 0.252 e. The summed E-state index contributed by atoms with van der Waals surface area (Å²) < 4.78 is 30.7. The van der Waals surface area contributed by atoms with Crippen LogP contribution in [0.15, 0.2) is 24.8 Å². The standard InChI is InChI=1S/C13H16F2N2O/c1-3-18-9(2)11-5-4-6-12(17-11)16-10-7-13(14,15)8-10/h4-6,10H,2-3,7-8H2,1H3,(H,16,17). The maximum atomic E-state index is 12.7. The Balaban J connectivity index is 1.98. The first kappa shape index (κ1) is 12.8. The monoisotopic (exact) mass is 254 g/mol. The SMILES string of the molecule is C=C(OCC)c1cccc(NC2CC(F)(F)C2)n1. The number of nitrogens with one attached hydrogen (secondary N) is 1. The number of hydrogen-bond donors (Lipinski definition) is 1. The van der Waals surface area contributed by atoms with E-state index in [-0.39, 0.29) is 18.9 Å². The molecule has 0 aromatic carbocycles. The van der Waals surface area contributed by atoms with Crippen LogP contribution in [-0.2, 0) is 4.74 Å². The minimum atomic E-state index is -2.52. The molecule has 1 heterocycles. The van der Waals surface area contributed by atoms with Crippen LogP contribution >= 0.6 is 0 Å². The molecule has 0 amide bonds. The number of alkyl halides is 2. The first-order chi connectivity index (χ1) is 8.50. The Bertz CT molecular complexity index is 440. The highest BCUT2D eigenvalue weighted by Crippen LogP contribution is 2.38. The summed E-state index contributed by atoms with van der Waals surface area (Å²) in [6, 6.07) is 5.12. The van der Waals surface area contributed by atoms with Gasteiger partial charge in [0.25, 0.3) is 5.92 Å². The van der Waals surface area contributed by atoms with Gasteiger partial charge in [-0.2, -0.15) is 0 Å². The summed E-state index contributed by atoms with van der Waals surface area (Å²) in [6.45, 7) is 6.15. The zero-order chi connectivity index (χ0) is 13.2. The van der Waals surface area contributed by atoms with Crippen LogP contribution in [0.3, 0.4) is 0 Å². The van der Waals surface area contributed by atoms with Gasteiger partial charge in [0.15, 0.2) is 0 Å². The molecule has 0 atom stereocenters. The minimum Gasteiger partial charge on any atom is -0.492 e. The van der Waals surface area contributed by atoms with Gasteiger partial charge in [-0.25, -0.2) is 13.8 Å². The first-order valence-corrected chi connectivity index (χ1v) is 5.93. The van der Waals surface area contributed by atoms with Crippen LogP contribution in [0.4, 0.5) is 14.6 Å². The normalized spacial score (nSPS) is 17.9. The molecule has 0 bridgehead atoms. The third-order valence-corrected chi connectivity index (χ3v) is 2.80. The third kappa shape index (κ3) is 2.97. The van der Waals surface area contributed by atoms with Gasteiger partial charge in [-0.1, -0.05) is 12.6 Å². The number of pyridine rings is 1. The second-order valence-corrected chi connectivity index (χ2v) is 4.37. The molecule has 0 radical (unpaired) electrons. The summed E-state index contributed by atoms with van der Waals surface area (Å²) in [5.74, 6) is -1.46. The van der Waals surface area contributed by atoms with Gasteiger partial charge in [0, 0.05) is 18.9 Å². The van der Waals surface area contributed by atoms with Gasteiger partial charge in [-0.15, -0.1) is 0 Å². The smallest absolute Gasteiger partial charge is 0.252 e. The highest BCUT2D eigenvalue weighted by Gasteiger charge is 2.45. The molecule has 18 heavy (non-hydrogen) atoms. The van der Waals surface area contributed by atoms with E-state index >= 15 is 0 Å². The molecule has 1 saturated carbocycles. The van der Waals surface area contributed by atoms with E-state index in [0.717, 1.165) is 0 Å². The molecular formula is C13H16F2N2O. The average molecular weight is 254 g/mol. The van der Waals surface area contributed by atoms with Crippen LogP contribution in [0.25, 0.3) is 5.76 Å². The van der Waals surface area contributed by atoms with Gasteiger partial charge in [0.2, 0.25) is 0 Å². The molecule has 3 nitrogen and oxygen atoms in total. The minimum absolute atomic E-state index is 0.134.